The average Bonchev–Trinajstić information content (AvgIpc) is 3.10. The second-order valence-electron chi connectivity index (χ2n) is 6.11. The Labute approximate surface area is 163 Å². The van der Waals surface area contributed by atoms with Crippen molar-refractivity contribution >= 4 is 22.5 Å². The van der Waals surface area contributed by atoms with Crippen molar-refractivity contribution in [3.63, 3.8) is 0 Å². The number of hydrogen-bond acceptors (Lipinski definition) is 5. The summed E-state index contributed by atoms with van der Waals surface area (Å²) in [6.45, 7) is 1.22. The lowest BCUT2D eigenvalue weighted by Crippen LogP contribution is -2.12. The van der Waals surface area contributed by atoms with Crippen LogP contribution in [0.15, 0.2) is 42.6 Å². The first kappa shape index (κ1) is 19.6. The Hall–Kier alpha value is -3.19. The maximum Gasteiger partial charge on any atom is 0.257 e. The van der Waals surface area contributed by atoms with Crippen LogP contribution >= 0.6 is 0 Å². The van der Waals surface area contributed by atoms with E-state index in [9.17, 15) is 4.79 Å². The predicted molar refractivity (Wildman–Crippen MR) is 108 cm³/mol. The van der Waals surface area contributed by atoms with Gasteiger partial charge in [0.25, 0.3) is 5.91 Å². The Morgan fingerprint density at radius 3 is 2.29 bits per heavy atom. The van der Waals surface area contributed by atoms with Gasteiger partial charge in [-0.15, -0.1) is 0 Å². The molecule has 3 aromatic rings. The summed E-state index contributed by atoms with van der Waals surface area (Å²) in [5, 5.41) is 3.80. The predicted octanol–water partition coefficient (Wildman–Crippen LogP) is 3.57. The quantitative estimate of drug-likeness (QED) is 0.643. The van der Waals surface area contributed by atoms with Crippen LogP contribution < -0.4 is 19.5 Å². The number of ether oxygens (including phenoxy) is 4. The molecule has 1 amide bonds. The van der Waals surface area contributed by atoms with Gasteiger partial charge in [-0.05, 0) is 6.07 Å². The SMILES string of the molecule is COCCn1cc(C(=O)Nc2cc(OC)c(OC)c(OC)c2)c2ccccc21. The molecular weight excluding hydrogens is 360 g/mol. The van der Waals surface area contributed by atoms with E-state index in [-0.39, 0.29) is 5.91 Å². The van der Waals surface area contributed by atoms with Crippen molar-refractivity contribution in [3.8, 4) is 17.2 Å². The molecule has 3 rings (SSSR count). The lowest BCUT2D eigenvalue weighted by Gasteiger charge is -2.14. The van der Waals surface area contributed by atoms with Crippen LogP contribution in [-0.4, -0.2) is 45.5 Å². The molecule has 0 atom stereocenters. The number of nitrogens with zero attached hydrogens (tertiary/aromatic N) is 1. The number of carbonyl (C=O) groups excluding carboxylic acids is 1. The van der Waals surface area contributed by atoms with Gasteiger partial charge in [-0.25, -0.2) is 0 Å². The fourth-order valence-corrected chi connectivity index (χ4v) is 3.15. The summed E-state index contributed by atoms with van der Waals surface area (Å²) in [5.41, 5.74) is 2.11. The van der Waals surface area contributed by atoms with Crippen molar-refractivity contribution in [1.29, 1.82) is 0 Å². The fraction of sp³-hybridized carbons (Fsp3) is 0.286. The number of anilines is 1. The number of para-hydroxylation sites is 1. The van der Waals surface area contributed by atoms with Crippen LogP contribution in [0.2, 0.25) is 0 Å². The van der Waals surface area contributed by atoms with Gasteiger partial charge in [-0.3, -0.25) is 4.79 Å². The smallest absolute Gasteiger partial charge is 0.257 e. The standard InChI is InChI=1S/C21H24N2O5/c1-25-10-9-23-13-16(15-7-5-6-8-17(15)23)21(24)22-14-11-18(26-2)20(28-4)19(12-14)27-3/h5-8,11-13H,9-10H2,1-4H3,(H,22,24). The lowest BCUT2D eigenvalue weighted by molar-refractivity contribution is 0.102. The highest BCUT2D eigenvalue weighted by molar-refractivity contribution is 6.13. The van der Waals surface area contributed by atoms with Gasteiger partial charge in [0.1, 0.15) is 0 Å². The Kier molecular flexibility index (Phi) is 6.06. The van der Waals surface area contributed by atoms with Gasteiger partial charge in [0.15, 0.2) is 11.5 Å². The van der Waals surface area contributed by atoms with Crippen LogP contribution in [0.5, 0.6) is 17.2 Å². The molecule has 0 unspecified atom stereocenters. The highest BCUT2D eigenvalue weighted by Gasteiger charge is 2.18. The molecule has 28 heavy (non-hydrogen) atoms. The first-order valence-electron chi connectivity index (χ1n) is 8.81. The van der Waals surface area contributed by atoms with Gasteiger partial charge in [-0.1, -0.05) is 18.2 Å². The minimum Gasteiger partial charge on any atom is -0.493 e. The van der Waals surface area contributed by atoms with E-state index in [0.717, 1.165) is 10.9 Å². The summed E-state index contributed by atoms with van der Waals surface area (Å²) in [6.07, 6.45) is 1.84. The van der Waals surface area contributed by atoms with Gasteiger partial charge in [0.05, 0.1) is 33.5 Å². The number of carbonyl (C=O) groups is 1. The van der Waals surface area contributed by atoms with Crippen molar-refractivity contribution in [3.05, 3.63) is 48.2 Å². The van der Waals surface area contributed by atoms with Crippen LogP contribution in [0.25, 0.3) is 10.9 Å². The van der Waals surface area contributed by atoms with Gasteiger partial charge >= 0.3 is 0 Å². The van der Waals surface area contributed by atoms with Crippen LogP contribution in [0, 0.1) is 0 Å². The van der Waals surface area contributed by atoms with Crippen LogP contribution in [0.4, 0.5) is 5.69 Å². The molecular formula is C21H24N2O5. The third kappa shape index (κ3) is 3.75. The molecule has 7 nitrogen and oxygen atoms in total. The van der Waals surface area contributed by atoms with Crippen molar-refractivity contribution in [1.82, 2.24) is 4.57 Å². The summed E-state index contributed by atoms with van der Waals surface area (Å²) in [5.74, 6) is 1.19. The molecule has 1 N–H and O–H groups in total. The molecule has 1 heterocycles. The van der Waals surface area contributed by atoms with E-state index in [1.54, 1.807) is 19.2 Å². The number of methoxy groups -OCH3 is 4. The zero-order valence-electron chi connectivity index (χ0n) is 16.4. The van der Waals surface area contributed by atoms with E-state index in [2.05, 4.69) is 5.32 Å². The van der Waals surface area contributed by atoms with Gasteiger partial charge in [0, 0.05) is 48.6 Å². The molecule has 0 fully saturated rings. The number of benzene rings is 2. The molecule has 0 saturated carbocycles. The maximum absolute atomic E-state index is 13.0. The Morgan fingerprint density at radius 2 is 1.68 bits per heavy atom. The zero-order chi connectivity index (χ0) is 20.1. The summed E-state index contributed by atoms with van der Waals surface area (Å²) in [4.78, 5) is 13.0. The summed E-state index contributed by atoms with van der Waals surface area (Å²) >= 11 is 0. The topological polar surface area (TPSA) is 71.0 Å². The fourth-order valence-electron chi connectivity index (χ4n) is 3.15. The normalized spacial score (nSPS) is 10.7. The molecule has 0 aliphatic rings. The molecule has 148 valence electrons. The van der Waals surface area contributed by atoms with Crippen molar-refractivity contribution in [2.75, 3.05) is 40.4 Å². The van der Waals surface area contributed by atoms with Gasteiger partial charge < -0.3 is 28.8 Å². The molecule has 1 aromatic heterocycles. The third-order valence-corrected chi connectivity index (χ3v) is 4.49. The van der Waals surface area contributed by atoms with Crippen LogP contribution in [0.1, 0.15) is 10.4 Å². The molecule has 0 radical (unpaired) electrons. The average molecular weight is 384 g/mol. The number of fused-ring (bicyclic) bond motifs is 1. The second kappa shape index (κ2) is 8.67. The van der Waals surface area contributed by atoms with E-state index in [1.807, 2.05) is 35.0 Å². The van der Waals surface area contributed by atoms with Crippen LogP contribution in [0.3, 0.4) is 0 Å². The molecule has 0 bridgehead atoms. The van der Waals surface area contributed by atoms with E-state index >= 15 is 0 Å². The summed E-state index contributed by atoms with van der Waals surface area (Å²) in [7, 11) is 6.26. The van der Waals surface area contributed by atoms with Crippen molar-refractivity contribution in [2.24, 2.45) is 0 Å². The Balaban J connectivity index is 1.95. The summed E-state index contributed by atoms with van der Waals surface area (Å²) in [6, 6.07) is 11.2. The maximum atomic E-state index is 13.0. The molecule has 7 heteroatoms. The van der Waals surface area contributed by atoms with Crippen LogP contribution in [-0.2, 0) is 11.3 Å². The number of nitrogens with one attached hydrogen (secondary N) is 1. The molecule has 0 saturated heterocycles. The number of amides is 1. The second-order valence-corrected chi connectivity index (χ2v) is 6.11. The van der Waals surface area contributed by atoms with E-state index in [0.29, 0.717) is 41.7 Å². The Morgan fingerprint density at radius 1 is 1.00 bits per heavy atom. The lowest BCUT2D eigenvalue weighted by atomic mass is 10.1. The van der Waals surface area contributed by atoms with E-state index in [1.165, 1.54) is 21.3 Å². The van der Waals surface area contributed by atoms with E-state index in [4.69, 9.17) is 18.9 Å². The first-order valence-corrected chi connectivity index (χ1v) is 8.81. The van der Waals surface area contributed by atoms with Gasteiger partial charge in [-0.2, -0.15) is 0 Å². The zero-order valence-corrected chi connectivity index (χ0v) is 16.4. The van der Waals surface area contributed by atoms with Crippen molar-refractivity contribution < 1.29 is 23.7 Å². The largest absolute Gasteiger partial charge is 0.493 e. The minimum atomic E-state index is -0.221. The molecule has 0 aliphatic heterocycles. The molecule has 0 aliphatic carbocycles. The highest BCUT2D eigenvalue weighted by Crippen LogP contribution is 2.40. The Bertz CT molecular complexity index is 955. The number of aromatic nitrogens is 1. The monoisotopic (exact) mass is 384 g/mol. The highest BCUT2D eigenvalue weighted by atomic mass is 16.5. The number of rotatable bonds is 8. The third-order valence-electron chi connectivity index (χ3n) is 4.49. The van der Waals surface area contributed by atoms with E-state index < -0.39 is 0 Å². The minimum absolute atomic E-state index is 0.221. The van der Waals surface area contributed by atoms with Crippen molar-refractivity contribution in [2.45, 2.75) is 6.54 Å². The summed E-state index contributed by atoms with van der Waals surface area (Å²) < 4.78 is 23.2. The van der Waals surface area contributed by atoms with Gasteiger partial charge in [0.2, 0.25) is 5.75 Å². The first-order chi connectivity index (χ1) is 13.6. The molecule has 2 aromatic carbocycles. The molecule has 0 spiro atoms. The number of hydrogen-bond donors (Lipinski definition) is 1.